The highest BCUT2D eigenvalue weighted by Gasteiger charge is 2.46. The minimum absolute atomic E-state index is 0.296. The Morgan fingerprint density at radius 3 is 2.74 bits per heavy atom. The highest BCUT2D eigenvalue weighted by atomic mass is 16.5. The van der Waals surface area contributed by atoms with Crippen molar-refractivity contribution >= 4 is 5.97 Å². The molecule has 0 radical (unpaired) electrons. The van der Waals surface area contributed by atoms with E-state index in [-0.39, 0.29) is 0 Å². The lowest BCUT2D eigenvalue weighted by Gasteiger charge is -2.17. The molecule has 1 heterocycles. The van der Waals surface area contributed by atoms with E-state index in [2.05, 4.69) is 4.90 Å². The van der Waals surface area contributed by atoms with E-state index in [9.17, 15) is 4.79 Å². The molecule has 102 valence electrons. The van der Waals surface area contributed by atoms with Gasteiger partial charge in [-0.25, -0.2) is 4.79 Å². The van der Waals surface area contributed by atoms with Crippen LogP contribution in [0, 0.1) is 5.92 Å². The molecule has 0 unspecified atom stereocenters. The number of rotatable bonds is 6. The monoisotopic (exact) mass is 261 g/mol. The van der Waals surface area contributed by atoms with Gasteiger partial charge in [0.05, 0.1) is 12.2 Å². The fraction of sp³-hybridized carbons (Fsp3) is 0.533. The summed E-state index contributed by atoms with van der Waals surface area (Å²) in [4.78, 5) is 13.3. The van der Waals surface area contributed by atoms with Crippen LogP contribution in [0.4, 0.5) is 0 Å². The van der Waals surface area contributed by atoms with Crippen LogP contribution in [0.25, 0.3) is 0 Å². The van der Waals surface area contributed by atoms with Crippen molar-refractivity contribution in [2.45, 2.75) is 25.3 Å². The number of likely N-dealkylation sites (tertiary alicyclic amines) is 1. The van der Waals surface area contributed by atoms with Crippen LogP contribution in [-0.2, 0) is 0 Å². The first-order chi connectivity index (χ1) is 9.24. The Morgan fingerprint density at radius 2 is 2.16 bits per heavy atom. The number of fused-ring (bicyclic) bond motifs is 1. The molecule has 1 saturated heterocycles. The highest BCUT2D eigenvalue weighted by molar-refractivity contribution is 5.87. The topological polar surface area (TPSA) is 49.8 Å². The summed E-state index contributed by atoms with van der Waals surface area (Å²) in [6.45, 7) is 3.07. The summed E-state index contributed by atoms with van der Waals surface area (Å²) in [6, 6.07) is 7.46. The second-order valence-corrected chi connectivity index (χ2v) is 5.42. The van der Waals surface area contributed by atoms with Gasteiger partial charge in [0.2, 0.25) is 0 Å². The van der Waals surface area contributed by atoms with E-state index < -0.39 is 5.97 Å². The number of hydrogen-bond donors (Lipinski definition) is 1. The molecular formula is C15H19NO3. The number of carbonyl (C=O) groups is 1. The number of aromatic carboxylic acids is 1. The van der Waals surface area contributed by atoms with E-state index in [0.29, 0.717) is 12.2 Å². The summed E-state index contributed by atoms with van der Waals surface area (Å²) in [5.41, 5.74) is 0.296. The van der Waals surface area contributed by atoms with Crippen LogP contribution in [-0.4, -0.2) is 41.7 Å². The molecule has 2 atom stereocenters. The molecule has 1 aliphatic heterocycles. The Bertz CT molecular complexity index is 457. The van der Waals surface area contributed by atoms with Gasteiger partial charge in [-0.15, -0.1) is 0 Å². The van der Waals surface area contributed by atoms with E-state index in [4.69, 9.17) is 9.84 Å². The highest BCUT2D eigenvalue weighted by Crippen LogP contribution is 2.44. The molecule has 0 spiro atoms. The first-order valence-corrected chi connectivity index (χ1v) is 6.94. The van der Waals surface area contributed by atoms with Gasteiger partial charge in [0.1, 0.15) is 5.75 Å². The standard InChI is InChI=1S/C15H19NO3/c17-15(18)11-2-4-13(5-3-11)19-9-1-7-16-8-6-12-10-14(12)16/h2-5,12,14H,1,6-10H2,(H,17,18)/t12-,14+/m1/s1. The van der Waals surface area contributed by atoms with Crippen molar-refractivity contribution in [3.8, 4) is 5.75 Å². The molecule has 1 aromatic rings. The maximum atomic E-state index is 10.7. The number of carboxylic acid groups (broad SMARTS) is 1. The van der Waals surface area contributed by atoms with Crippen LogP contribution in [0.1, 0.15) is 29.6 Å². The first-order valence-electron chi connectivity index (χ1n) is 6.94. The third-order valence-corrected chi connectivity index (χ3v) is 4.10. The number of hydrogen-bond acceptors (Lipinski definition) is 3. The molecule has 4 nitrogen and oxygen atoms in total. The third-order valence-electron chi connectivity index (χ3n) is 4.10. The summed E-state index contributed by atoms with van der Waals surface area (Å²) in [7, 11) is 0. The average Bonchev–Trinajstić information content (AvgIpc) is 3.09. The zero-order valence-electron chi connectivity index (χ0n) is 10.9. The minimum atomic E-state index is -0.903. The molecule has 0 bridgehead atoms. The van der Waals surface area contributed by atoms with Crippen LogP contribution in [0.2, 0.25) is 0 Å². The second kappa shape index (κ2) is 5.21. The molecule has 19 heavy (non-hydrogen) atoms. The van der Waals surface area contributed by atoms with Crippen molar-refractivity contribution in [2.75, 3.05) is 19.7 Å². The van der Waals surface area contributed by atoms with Gasteiger partial charge in [0.15, 0.2) is 0 Å². The normalized spacial score (nSPS) is 25.1. The first kappa shape index (κ1) is 12.5. The summed E-state index contributed by atoms with van der Waals surface area (Å²) >= 11 is 0. The lowest BCUT2D eigenvalue weighted by molar-refractivity contribution is 0.0697. The zero-order valence-corrected chi connectivity index (χ0v) is 10.9. The van der Waals surface area contributed by atoms with Gasteiger partial charge >= 0.3 is 5.97 Å². The van der Waals surface area contributed by atoms with E-state index in [1.807, 2.05) is 0 Å². The summed E-state index contributed by atoms with van der Waals surface area (Å²) in [6.07, 6.45) is 3.81. The Kier molecular flexibility index (Phi) is 3.42. The summed E-state index contributed by atoms with van der Waals surface area (Å²) in [5.74, 6) is 0.833. The Hall–Kier alpha value is -1.55. The SMILES string of the molecule is O=C(O)c1ccc(OCCCN2CC[C@@H]3C[C@@H]32)cc1. The van der Waals surface area contributed by atoms with E-state index in [1.54, 1.807) is 24.3 Å². The average molecular weight is 261 g/mol. The molecule has 2 fully saturated rings. The largest absolute Gasteiger partial charge is 0.494 e. The maximum absolute atomic E-state index is 10.7. The van der Waals surface area contributed by atoms with Crippen LogP contribution < -0.4 is 4.74 Å². The molecule has 1 aromatic carbocycles. The molecule has 0 aromatic heterocycles. The van der Waals surface area contributed by atoms with Crippen molar-refractivity contribution < 1.29 is 14.6 Å². The third kappa shape index (κ3) is 2.89. The number of ether oxygens (including phenoxy) is 1. The summed E-state index contributed by atoms with van der Waals surface area (Å²) < 4.78 is 5.63. The molecule has 1 aliphatic carbocycles. The van der Waals surface area contributed by atoms with Crippen LogP contribution in [0.5, 0.6) is 5.75 Å². The smallest absolute Gasteiger partial charge is 0.335 e. The van der Waals surface area contributed by atoms with Gasteiger partial charge in [-0.3, -0.25) is 4.90 Å². The zero-order chi connectivity index (χ0) is 13.2. The van der Waals surface area contributed by atoms with E-state index in [0.717, 1.165) is 30.7 Å². The number of benzene rings is 1. The van der Waals surface area contributed by atoms with E-state index >= 15 is 0 Å². The molecule has 1 saturated carbocycles. The maximum Gasteiger partial charge on any atom is 0.335 e. The van der Waals surface area contributed by atoms with Crippen molar-refractivity contribution in [3.63, 3.8) is 0 Å². The van der Waals surface area contributed by atoms with Crippen molar-refractivity contribution in [2.24, 2.45) is 5.92 Å². The molecule has 2 aliphatic rings. The lowest BCUT2D eigenvalue weighted by Crippen LogP contribution is -2.25. The fourth-order valence-electron chi connectivity index (χ4n) is 2.92. The predicted octanol–water partition coefficient (Wildman–Crippen LogP) is 2.25. The Labute approximate surface area is 113 Å². The van der Waals surface area contributed by atoms with Crippen molar-refractivity contribution in [1.29, 1.82) is 0 Å². The van der Waals surface area contributed by atoms with Crippen molar-refractivity contribution in [1.82, 2.24) is 4.90 Å². The predicted molar refractivity (Wildman–Crippen MR) is 71.6 cm³/mol. The minimum Gasteiger partial charge on any atom is -0.494 e. The van der Waals surface area contributed by atoms with Gasteiger partial charge < -0.3 is 9.84 Å². The number of carboxylic acids is 1. The van der Waals surface area contributed by atoms with Gasteiger partial charge in [-0.1, -0.05) is 0 Å². The van der Waals surface area contributed by atoms with E-state index in [1.165, 1.54) is 19.4 Å². The van der Waals surface area contributed by atoms with Crippen LogP contribution >= 0.6 is 0 Å². The van der Waals surface area contributed by atoms with Gasteiger partial charge in [0, 0.05) is 12.6 Å². The molecular weight excluding hydrogens is 242 g/mol. The molecule has 4 heteroatoms. The fourth-order valence-corrected chi connectivity index (χ4v) is 2.92. The summed E-state index contributed by atoms with van der Waals surface area (Å²) in [5, 5.41) is 8.79. The number of piperidine rings is 1. The second-order valence-electron chi connectivity index (χ2n) is 5.42. The van der Waals surface area contributed by atoms with Gasteiger partial charge in [0.25, 0.3) is 0 Å². The number of nitrogens with zero attached hydrogens (tertiary/aromatic N) is 1. The van der Waals surface area contributed by atoms with Crippen molar-refractivity contribution in [3.05, 3.63) is 29.8 Å². The lowest BCUT2D eigenvalue weighted by atomic mass is 10.2. The molecule has 1 N–H and O–H groups in total. The Morgan fingerprint density at radius 1 is 1.37 bits per heavy atom. The Balaban J connectivity index is 1.38. The van der Waals surface area contributed by atoms with Crippen LogP contribution in [0.15, 0.2) is 24.3 Å². The van der Waals surface area contributed by atoms with Gasteiger partial charge in [-0.05, 0) is 56.0 Å². The van der Waals surface area contributed by atoms with Crippen LogP contribution in [0.3, 0.4) is 0 Å². The molecule has 3 rings (SSSR count). The van der Waals surface area contributed by atoms with Gasteiger partial charge in [-0.2, -0.15) is 0 Å². The quantitative estimate of drug-likeness (QED) is 0.798. The molecule has 0 amide bonds.